The monoisotopic (exact) mass is 271 g/mol. The summed E-state index contributed by atoms with van der Waals surface area (Å²) in [5.41, 5.74) is 0.831. The smallest absolute Gasteiger partial charge is 0.208 e. The Hall–Kier alpha value is -0.840. The first-order valence-electron chi connectivity index (χ1n) is 5.52. The Balaban J connectivity index is 2.11. The molecular formula is C12H14ClNO2S. The number of nitrogens with zero attached hydrogens (tertiary/aromatic N) is 1. The van der Waals surface area contributed by atoms with Gasteiger partial charge < -0.3 is 0 Å². The van der Waals surface area contributed by atoms with Crippen molar-refractivity contribution in [3.8, 4) is 0 Å². The molecule has 1 aromatic carbocycles. The molecule has 0 atom stereocenters. The van der Waals surface area contributed by atoms with Gasteiger partial charge in [-0.2, -0.15) is 4.31 Å². The van der Waals surface area contributed by atoms with Crippen LogP contribution in [-0.4, -0.2) is 25.8 Å². The molecule has 0 saturated carbocycles. The fourth-order valence-corrected chi connectivity index (χ4v) is 3.16. The lowest BCUT2D eigenvalue weighted by atomic mass is 10.2. The Morgan fingerprint density at radius 3 is 2.29 bits per heavy atom. The van der Waals surface area contributed by atoms with Crippen LogP contribution in [0.4, 0.5) is 0 Å². The van der Waals surface area contributed by atoms with Crippen molar-refractivity contribution in [2.75, 3.05) is 13.1 Å². The highest BCUT2D eigenvalue weighted by Gasteiger charge is 2.22. The van der Waals surface area contributed by atoms with Crippen LogP contribution in [0, 0.1) is 0 Å². The third-order valence-electron chi connectivity index (χ3n) is 2.73. The van der Waals surface area contributed by atoms with Crippen molar-refractivity contribution in [2.45, 2.75) is 12.8 Å². The molecule has 0 radical (unpaired) electrons. The van der Waals surface area contributed by atoms with Gasteiger partial charge in [-0.05, 0) is 36.6 Å². The zero-order valence-corrected chi connectivity index (χ0v) is 10.9. The van der Waals surface area contributed by atoms with Gasteiger partial charge in [0.15, 0.2) is 0 Å². The number of hydrogen-bond donors (Lipinski definition) is 0. The van der Waals surface area contributed by atoms with Gasteiger partial charge in [0.1, 0.15) is 0 Å². The molecule has 1 aliphatic rings. The number of hydrogen-bond acceptors (Lipinski definition) is 2. The van der Waals surface area contributed by atoms with Gasteiger partial charge in [-0.3, -0.25) is 0 Å². The Bertz CT molecular complexity index is 502. The number of benzene rings is 1. The topological polar surface area (TPSA) is 37.4 Å². The van der Waals surface area contributed by atoms with E-state index in [9.17, 15) is 8.42 Å². The van der Waals surface area contributed by atoms with Crippen LogP contribution in [0.15, 0.2) is 29.7 Å². The highest BCUT2D eigenvalue weighted by Crippen LogP contribution is 2.16. The van der Waals surface area contributed by atoms with Crippen LogP contribution in [0.2, 0.25) is 5.02 Å². The molecule has 1 aromatic rings. The van der Waals surface area contributed by atoms with E-state index < -0.39 is 10.0 Å². The van der Waals surface area contributed by atoms with Crippen molar-refractivity contribution in [3.63, 3.8) is 0 Å². The van der Waals surface area contributed by atoms with Gasteiger partial charge in [-0.25, -0.2) is 8.42 Å². The second-order valence-electron chi connectivity index (χ2n) is 4.01. The molecule has 2 rings (SSSR count). The Kier molecular flexibility index (Phi) is 3.86. The van der Waals surface area contributed by atoms with E-state index in [0.29, 0.717) is 18.1 Å². The summed E-state index contributed by atoms with van der Waals surface area (Å²) in [5.74, 6) is 0. The lowest BCUT2D eigenvalue weighted by molar-refractivity contribution is 0.486. The largest absolute Gasteiger partial charge is 0.236 e. The molecule has 0 N–H and O–H groups in total. The predicted octanol–water partition coefficient (Wildman–Crippen LogP) is 2.74. The number of sulfonamides is 1. The van der Waals surface area contributed by atoms with Crippen LogP contribution in [0.3, 0.4) is 0 Å². The third kappa shape index (κ3) is 3.31. The zero-order valence-electron chi connectivity index (χ0n) is 9.34. The maximum absolute atomic E-state index is 11.9. The molecule has 0 aliphatic carbocycles. The first-order valence-corrected chi connectivity index (χ1v) is 7.40. The molecule has 92 valence electrons. The number of halogens is 1. The van der Waals surface area contributed by atoms with Crippen LogP contribution in [-0.2, 0) is 10.0 Å². The highest BCUT2D eigenvalue weighted by molar-refractivity contribution is 7.92. The standard InChI is InChI=1S/C12H14ClNO2S/c13-12-5-3-11(4-6-12)7-10-17(15,16)14-8-1-2-9-14/h3-7,10H,1-2,8-9H2. The fraction of sp³-hybridized carbons (Fsp3) is 0.333. The summed E-state index contributed by atoms with van der Waals surface area (Å²) in [4.78, 5) is 0. The van der Waals surface area contributed by atoms with Crippen LogP contribution in [0.5, 0.6) is 0 Å². The second-order valence-corrected chi connectivity index (χ2v) is 6.26. The van der Waals surface area contributed by atoms with E-state index in [1.165, 1.54) is 9.71 Å². The minimum atomic E-state index is -3.25. The average molecular weight is 272 g/mol. The summed E-state index contributed by atoms with van der Waals surface area (Å²) in [6.45, 7) is 1.26. The van der Waals surface area contributed by atoms with E-state index in [-0.39, 0.29) is 0 Å². The fourth-order valence-electron chi connectivity index (χ4n) is 1.77. The molecule has 0 bridgehead atoms. The molecule has 0 unspecified atom stereocenters. The Morgan fingerprint density at radius 2 is 1.71 bits per heavy atom. The van der Waals surface area contributed by atoms with E-state index in [1.807, 2.05) is 0 Å². The van der Waals surface area contributed by atoms with E-state index in [0.717, 1.165) is 18.4 Å². The minimum Gasteiger partial charge on any atom is -0.208 e. The first-order chi connectivity index (χ1) is 8.08. The summed E-state index contributed by atoms with van der Waals surface area (Å²) >= 11 is 5.75. The summed E-state index contributed by atoms with van der Waals surface area (Å²) < 4.78 is 25.3. The molecule has 1 heterocycles. The van der Waals surface area contributed by atoms with E-state index in [2.05, 4.69) is 0 Å². The van der Waals surface area contributed by atoms with Crippen molar-refractivity contribution < 1.29 is 8.42 Å². The lowest BCUT2D eigenvalue weighted by Crippen LogP contribution is -2.25. The SMILES string of the molecule is O=S(=O)(C=Cc1ccc(Cl)cc1)N1CCCC1. The highest BCUT2D eigenvalue weighted by atomic mass is 35.5. The van der Waals surface area contributed by atoms with Gasteiger partial charge >= 0.3 is 0 Å². The maximum Gasteiger partial charge on any atom is 0.236 e. The van der Waals surface area contributed by atoms with Crippen LogP contribution in [0.25, 0.3) is 6.08 Å². The molecule has 3 nitrogen and oxygen atoms in total. The van der Waals surface area contributed by atoms with Crippen molar-refractivity contribution in [3.05, 3.63) is 40.3 Å². The Labute approximate surface area is 107 Å². The van der Waals surface area contributed by atoms with Crippen LogP contribution in [0.1, 0.15) is 18.4 Å². The van der Waals surface area contributed by atoms with Crippen molar-refractivity contribution in [1.29, 1.82) is 0 Å². The van der Waals surface area contributed by atoms with Gasteiger partial charge in [-0.15, -0.1) is 0 Å². The molecular weight excluding hydrogens is 258 g/mol. The zero-order chi connectivity index (χ0) is 12.3. The lowest BCUT2D eigenvalue weighted by Gasteiger charge is -2.11. The van der Waals surface area contributed by atoms with Gasteiger partial charge in [-0.1, -0.05) is 23.7 Å². The quantitative estimate of drug-likeness (QED) is 0.848. The summed E-state index contributed by atoms with van der Waals surface area (Å²) in [6, 6.07) is 7.06. The molecule has 0 aromatic heterocycles. The van der Waals surface area contributed by atoms with E-state index in [4.69, 9.17) is 11.6 Å². The van der Waals surface area contributed by atoms with Crippen LogP contribution < -0.4 is 0 Å². The predicted molar refractivity (Wildman–Crippen MR) is 70.2 cm³/mol. The molecule has 0 spiro atoms. The van der Waals surface area contributed by atoms with Crippen molar-refractivity contribution in [2.24, 2.45) is 0 Å². The third-order valence-corrected chi connectivity index (χ3v) is 4.54. The van der Waals surface area contributed by atoms with Crippen LogP contribution >= 0.6 is 11.6 Å². The minimum absolute atomic E-state index is 0.632. The molecule has 1 fully saturated rings. The summed E-state index contributed by atoms with van der Waals surface area (Å²) in [7, 11) is -3.25. The first kappa shape index (κ1) is 12.6. The average Bonchev–Trinajstić information content (AvgIpc) is 2.82. The molecule has 1 saturated heterocycles. The van der Waals surface area contributed by atoms with E-state index >= 15 is 0 Å². The van der Waals surface area contributed by atoms with Crippen molar-refractivity contribution >= 4 is 27.7 Å². The van der Waals surface area contributed by atoms with Gasteiger partial charge in [0.05, 0.1) is 0 Å². The van der Waals surface area contributed by atoms with Gasteiger partial charge in [0.2, 0.25) is 10.0 Å². The molecule has 0 amide bonds. The Morgan fingerprint density at radius 1 is 1.12 bits per heavy atom. The van der Waals surface area contributed by atoms with Gasteiger partial charge in [0, 0.05) is 23.5 Å². The maximum atomic E-state index is 11.9. The number of rotatable bonds is 3. The van der Waals surface area contributed by atoms with Gasteiger partial charge in [0.25, 0.3) is 0 Å². The molecule has 17 heavy (non-hydrogen) atoms. The summed E-state index contributed by atoms with van der Waals surface area (Å²) in [5, 5.41) is 1.91. The molecule has 1 aliphatic heterocycles. The van der Waals surface area contributed by atoms with E-state index in [1.54, 1.807) is 30.3 Å². The van der Waals surface area contributed by atoms with Crippen molar-refractivity contribution in [1.82, 2.24) is 4.31 Å². The normalized spacial score (nSPS) is 17.9. The molecule has 5 heteroatoms. The summed E-state index contributed by atoms with van der Waals surface area (Å²) in [6.07, 6.45) is 3.51. The second kappa shape index (κ2) is 5.21.